The standard InChI is InChI=1S/C25H28N4O2/c1-3-28-14-16-29(17-15-28)20-11-12-23(19(2)18-20)27-24(30)22-10-7-13-26-25(22)31-21-8-5-4-6-9-21/h4-13,18H,3,14-17H2,1-2H3,(H,27,30). The van der Waals surface area contributed by atoms with Gasteiger partial charge in [0.25, 0.3) is 5.91 Å². The maximum Gasteiger partial charge on any atom is 0.261 e. The number of piperazine rings is 1. The Kier molecular flexibility index (Phi) is 6.48. The average molecular weight is 417 g/mol. The number of amides is 1. The van der Waals surface area contributed by atoms with Gasteiger partial charge < -0.3 is 19.9 Å². The Morgan fingerprint density at radius 3 is 2.52 bits per heavy atom. The van der Waals surface area contributed by atoms with E-state index in [1.807, 2.05) is 43.3 Å². The Morgan fingerprint density at radius 2 is 1.81 bits per heavy atom. The van der Waals surface area contributed by atoms with E-state index in [0.717, 1.165) is 44.0 Å². The number of aromatic nitrogens is 1. The fourth-order valence-corrected chi connectivity index (χ4v) is 3.74. The lowest BCUT2D eigenvalue weighted by Crippen LogP contribution is -2.46. The third-order valence-corrected chi connectivity index (χ3v) is 5.62. The molecule has 160 valence electrons. The molecule has 3 aromatic rings. The molecular formula is C25H28N4O2. The van der Waals surface area contributed by atoms with E-state index in [1.165, 1.54) is 5.69 Å². The van der Waals surface area contributed by atoms with E-state index in [0.29, 0.717) is 11.3 Å². The first-order valence-corrected chi connectivity index (χ1v) is 10.7. The van der Waals surface area contributed by atoms with Crippen molar-refractivity contribution in [1.29, 1.82) is 0 Å². The number of para-hydroxylation sites is 1. The Bertz CT molecular complexity index is 1030. The van der Waals surface area contributed by atoms with Crippen molar-refractivity contribution >= 4 is 17.3 Å². The minimum atomic E-state index is -0.244. The highest BCUT2D eigenvalue weighted by molar-refractivity contribution is 6.06. The summed E-state index contributed by atoms with van der Waals surface area (Å²) in [5.41, 5.74) is 3.40. The van der Waals surface area contributed by atoms with Crippen LogP contribution in [0.15, 0.2) is 66.9 Å². The quantitative estimate of drug-likeness (QED) is 0.638. The zero-order valence-electron chi connectivity index (χ0n) is 18.0. The normalized spacial score (nSPS) is 14.3. The summed E-state index contributed by atoms with van der Waals surface area (Å²) >= 11 is 0. The van der Waals surface area contributed by atoms with Crippen LogP contribution < -0.4 is 15.0 Å². The van der Waals surface area contributed by atoms with Gasteiger partial charge in [0.15, 0.2) is 0 Å². The van der Waals surface area contributed by atoms with Gasteiger partial charge in [-0.25, -0.2) is 4.98 Å². The number of anilines is 2. The van der Waals surface area contributed by atoms with Gasteiger partial charge in [-0.3, -0.25) is 4.79 Å². The van der Waals surface area contributed by atoms with Crippen LogP contribution in [0.2, 0.25) is 0 Å². The number of pyridine rings is 1. The molecule has 0 radical (unpaired) electrons. The molecule has 1 aliphatic heterocycles. The Balaban J connectivity index is 1.47. The highest BCUT2D eigenvalue weighted by atomic mass is 16.5. The molecule has 0 atom stereocenters. The number of likely N-dealkylation sites (N-methyl/N-ethyl adjacent to an activating group) is 1. The van der Waals surface area contributed by atoms with Gasteiger partial charge >= 0.3 is 0 Å². The molecule has 6 nitrogen and oxygen atoms in total. The van der Waals surface area contributed by atoms with E-state index in [1.54, 1.807) is 18.3 Å². The van der Waals surface area contributed by atoms with E-state index < -0.39 is 0 Å². The Labute approximate surface area is 183 Å². The number of nitrogens with zero attached hydrogens (tertiary/aromatic N) is 3. The van der Waals surface area contributed by atoms with Crippen LogP contribution in [0.4, 0.5) is 11.4 Å². The topological polar surface area (TPSA) is 57.7 Å². The summed E-state index contributed by atoms with van der Waals surface area (Å²) in [6.07, 6.45) is 1.62. The number of hydrogen-bond acceptors (Lipinski definition) is 5. The van der Waals surface area contributed by atoms with Crippen LogP contribution in [-0.4, -0.2) is 48.5 Å². The second kappa shape index (κ2) is 9.62. The third-order valence-electron chi connectivity index (χ3n) is 5.62. The van der Waals surface area contributed by atoms with Crippen LogP contribution >= 0.6 is 0 Å². The first-order chi connectivity index (χ1) is 15.1. The summed E-state index contributed by atoms with van der Waals surface area (Å²) in [4.78, 5) is 22.1. The lowest BCUT2D eigenvalue weighted by Gasteiger charge is -2.35. The van der Waals surface area contributed by atoms with Crippen molar-refractivity contribution in [3.63, 3.8) is 0 Å². The summed E-state index contributed by atoms with van der Waals surface area (Å²) in [5.74, 6) is 0.680. The van der Waals surface area contributed by atoms with Gasteiger partial charge in [-0.2, -0.15) is 0 Å². The van der Waals surface area contributed by atoms with Gasteiger partial charge in [0.1, 0.15) is 11.3 Å². The summed E-state index contributed by atoms with van der Waals surface area (Å²) in [6, 6.07) is 19.0. The molecule has 2 heterocycles. The first kappa shape index (κ1) is 20.9. The Hall–Kier alpha value is -3.38. The highest BCUT2D eigenvalue weighted by Gasteiger charge is 2.18. The van der Waals surface area contributed by atoms with Crippen molar-refractivity contribution < 1.29 is 9.53 Å². The maximum atomic E-state index is 13.0. The number of ether oxygens (including phenoxy) is 1. The molecule has 0 aliphatic carbocycles. The zero-order valence-corrected chi connectivity index (χ0v) is 18.0. The van der Waals surface area contributed by atoms with Gasteiger partial charge in [0, 0.05) is 43.8 Å². The minimum Gasteiger partial charge on any atom is -0.438 e. The van der Waals surface area contributed by atoms with Gasteiger partial charge in [-0.05, 0) is 61.5 Å². The van der Waals surface area contributed by atoms with Crippen molar-refractivity contribution in [2.45, 2.75) is 13.8 Å². The molecule has 1 amide bonds. The van der Waals surface area contributed by atoms with Crippen LogP contribution in [-0.2, 0) is 0 Å². The van der Waals surface area contributed by atoms with E-state index in [2.05, 4.69) is 39.2 Å². The molecule has 1 saturated heterocycles. The lowest BCUT2D eigenvalue weighted by molar-refractivity contribution is 0.102. The number of carbonyl (C=O) groups excluding carboxylic acids is 1. The predicted octanol–water partition coefficient (Wildman–Crippen LogP) is 4.58. The van der Waals surface area contributed by atoms with Crippen molar-refractivity contribution in [2.75, 3.05) is 42.9 Å². The fourth-order valence-electron chi connectivity index (χ4n) is 3.74. The largest absolute Gasteiger partial charge is 0.438 e. The molecule has 1 aromatic heterocycles. The predicted molar refractivity (Wildman–Crippen MR) is 124 cm³/mol. The molecule has 1 fully saturated rings. The fraction of sp³-hybridized carbons (Fsp3) is 0.280. The number of rotatable bonds is 6. The summed E-state index contributed by atoms with van der Waals surface area (Å²) in [7, 11) is 0. The molecule has 1 N–H and O–H groups in total. The molecule has 4 rings (SSSR count). The average Bonchev–Trinajstić information content (AvgIpc) is 2.81. The van der Waals surface area contributed by atoms with Gasteiger partial charge in [-0.1, -0.05) is 25.1 Å². The molecule has 31 heavy (non-hydrogen) atoms. The zero-order chi connectivity index (χ0) is 21.6. The maximum absolute atomic E-state index is 13.0. The van der Waals surface area contributed by atoms with E-state index in [-0.39, 0.29) is 11.8 Å². The molecule has 6 heteroatoms. The lowest BCUT2D eigenvalue weighted by atomic mass is 10.1. The summed E-state index contributed by atoms with van der Waals surface area (Å²) in [5, 5.41) is 3.01. The Morgan fingerprint density at radius 1 is 1.03 bits per heavy atom. The van der Waals surface area contributed by atoms with Gasteiger partial charge in [0.2, 0.25) is 5.88 Å². The molecular weight excluding hydrogens is 388 g/mol. The summed E-state index contributed by atoms with van der Waals surface area (Å²) in [6.45, 7) is 9.53. The minimum absolute atomic E-state index is 0.244. The van der Waals surface area contributed by atoms with Gasteiger partial charge in [-0.15, -0.1) is 0 Å². The SMILES string of the molecule is CCN1CCN(c2ccc(NC(=O)c3cccnc3Oc3ccccc3)c(C)c2)CC1. The molecule has 0 unspecified atom stereocenters. The number of benzene rings is 2. The molecule has 2 aromatic carbocycles. The van der Waals surface area contributed by atoms with Crippen LogP contribution in [0.3, 0.4) is 0 Å². The van der Waals surface area contributed by atoms with E-state index in [4.69, 9.17) is 4.74 Å². The number of nitrogens with one attached hydrogen (secondary N) is 1. The van der Waals surface area contributed by atoms with Crippen LogP contribution in [0.5, 0.6) is 11.6 Å². The van der Waals surface area contributed by atoms with Crippen LogP contribution in [0, 0.1) is 6.92 Å². The first-order valence-electron chi connectivity index (χ1n) is 10.7. The van der Waals surface area contributed by atoms with Crippen molar-refractivity contribution in [1.82, 2.24) is 9.88 Å². The summed E-state index contributed by atoms with van der Waals surface area (Å²) < 4.78 is 5.83. The van der Waals surface area contributed by atoms with Crippen LogP contribution in [0.1, 0.15) is 22.8 Å². The molecule has 1 aliphatic rings. The number of hydrogen-bond donors (Lipinski definition) is 1. The van der Waals surface area contributed by atoms with Crippen molar-refractivity contribution in [3.05, 3.63) is 78.0 Å². The van der Waals surface area contributed by atoms with Crippen molar-refractivity contribution in [2.24, 2.45) is 0 Å². The second-order valence-electron chi connectivity index (χ2n) is 7.65. The van der Waals surface area contributed by atoms with E-state index in [9.17, 15) is 4.79 Å². The van der Waals surface area contributed by atoms with Crippen molar-refractivity contribution in [3.8, 4) is 11.6 Å². The highest BCUT2D eigenvalue weighted by Crippen LogP contribution is 2.26. The smallest absolute Gasteiger partial charge is 0.261 e. The van der Waals surface area contributed by atoms with Gasteiger partial charge in [0.05, 0.1) is 0 Å². The molecule has 0 spiro atoms. The van der Waals surface area contributed by atoms with Crippen LogP contribution in [0.25, 0.3) is 0 Å². The second-order valence-corrected chi connectivity index (χ2v) is 7.65. The van der Waals surface area contributed by atoms with E-state index >= 15 is 0 Å². The molecule has 0 bridgehead atoms. The monoisotopic (exact) mass is 416 g/mol. The third kappa shape index (κ3) is 5.03. The molecule has 0 saturated carbocycles. The number of carbonyl (C=O) groups is 1. The number of aryl methyl sites for hydroxylation is 1.